The highest BCUT2D eigenvalue weighted by atomic mass is 32.1. The highest BCUT2D eigenvalue weighted by molar-refractivity contribution is 7.12. The number of benzene rings is 1. The first kappa shape index (κ1) is 27.1. The van der Waals surface area contributed by atoms with Crippen molar-refractivity contribution in [2.45, 2.75) is 57.9 Å². The number of amides is 1. The fraction of sp³-hybridized carbons (Fsp3) is 0.393. The van der Waals surface area contributed by atoms with Crippen LogP contribution >= 0.6 is 11.3 Å². The van der Waals surface area contributed by atoms with Crippen LogP contribution in [0.4, 0.5) is 17.6 Å². The van der Waals surface area contributed by atoms with Gasteiger partial charge in [0.25, 0.3) is 0 Å². The van der Waals surface area contributed by atoms with E-state index in [1.807, 2.05) is 6.08 Å². The lowest BCUT2D eigenvalue weighted by molar-refractivity contribution is -0.141. The number of thiophene rings is 1. The van der Waals surface area contributed by atoms with Crippen molar-refractivity contribution in [2.24, 2.45) is 0 Å². The van der Waals surface area contributed by atoms with E-state index in [9.17, 15) is 23.2 Å². The lowest BCUT2D eigenvalue weighted by atomic mass is 9.81. The molecular formula is C28H27F4N5OS. The quantitative estimate of drug-likeness (QED) is 0.320. The first-order chi connectivity index (χ1) is 18.6. The minimum atomic E-state index is -4.79. The number of nitriles is 1. The summed E-state index contributed by atoms with van der Waals surface area (Å²) in [6, 6.07) is 6.50. The Kier molecular flexibility index (Phi) is 7.35. The van der Waals surface area contributed by atoms with Crippen molar-refractivity contribution in [3.8, 4) is 17.2 Å². The van der Waals surface area contributed by atoms with Gasteiger partial charge < -0.3 is 10.2 Å². The largest absolute Gasteiger partial charge is 0.435 e. The van der Waals surface area contributed by atoms with Crippen LogP contribution in [-0.4, -0.2) is 39.7 Å². The smallest absolute Gasteiger partial charge is 0.333 e. The standard InChI is InChI=1S/C28H27F4N5OS/c1-3-37-14-20(27(35-37)28(30,31)32)26-18(7-4-8-21(26)29)19-13-36(24(38)10-9-17-6-5-11-34-17)15-23-25(19)16(2)22(12-33)39-23/h4,7-10,14,17,19,34H,3,5-6,11,13,15H2,1-2H3/b10-9+/t17-,19-/m0/s1. The van der Waals surface area contributed by atoms with Gasteiger partial charge in [-0.3, -0.25) is 9.48 Å². The maximum Gasteiger partial charge on any atom is 0.435 e. The molecule has 1 aromatic carbocycles. The van der Waals surface area contributed by atoms with E-state index in [-0.39, 0.29) is 42.7 Å². The molecule has 0 unspecified atom stereocenters. The van der Waals surface area contributed by atoms with Crippen LogP contribution in [-0.2, 0) is 24.1 Å². The minimum Gasteiger partial charge on any atom is -0.333 e. The van der Waals surface area contributed by atoms with E-state index in [1.54, 1.807) is 24.8 Å². The lowest BCUT2D eigenvalue weighted by Crippen LogP contribution is -2.37. The van der Waals surface area contributed by atoms with Crippen LogP contribution in [0.2, 0.25) is 0 Å². The van der Waals surface area contributed by atoms with Crippen molar-refractivity contribution >= 4 is 17.2 Å². The number of rotatable bonds is 5. The van der Waals surface area contributed by atoms with Gasteiger partial charge in [-0.1, -0.05) is 18.2 Å². The van der Waals surface area contributed by atoms with Gasteiger partial charge in [0.1, 0.15) is 16.8 Å². The van der Waals surface area contributed by atoms with Crippen LogP contribution in [0.3, 0.4) is 0 Å². The van der Waals surface area contributed by atoms with Crippen LogP contribution in [0.15, 0.2) is 36.5 Å². The van der Waals surface area contributed by atoms with E-state index in [0.717, 1.165) is 40.6 Å². The number of carbonyl (C=O) groups excluding carboxylic acids is 1. The van der Waals surface area contributed by atoms with Gasteiger partial charge in [0.15, 0.2) is 5.69 Å². The monoisotopic (exact) mass is 557 g/mol. The molecular weight excluding hydrogens is 530 g/mol. The van der Waals surface area contributed by atoms with Gasteiger partial charge in [-0.15, -0.1) is 11.3 Å². The maximum absolute atomic E-state index is 15.5. The van der Waals surface area contributed by atoms with Crippen LogP contribution in [0.1, 0.15) is 57.8 Å². The molecule has 0 spiro atoms. The molecule has 1 fully saturated rings. The molecule has 0 bridgehead atoms. The Labute approximate surface area is 227 Å². The molecule has 5 rings (SSSR count). The topological polar surface area (TPSA) is 74.0 Å². The average molecular weight is 558 g/mol. The first-order valence-electron chi connectivity index (χ1n) is 12.8. The molecule has 0 saturated carbocycles. The Bertz CT molecular complexity index is 1480. The molecule has 1 saturated heterocycles. The van der Waals surface area contributed by atoms with Crippen molar-refractivity contribution < 1.29 is 22.4 Å². The van der Waals surface area contributed by atoms with Crippen LogP contribution in [0, 0.1) is 24.1 Å². The van der Waals surface area contributed by atoms with Gasteiger partial charge in [-0.05, 0) is 56.0 Å². The molecule has 2 aliphatic rings. The summed E-state index contributed by atoms with van der Waals surface area (Å²) >= 11 is 1.26. The highest BCUT2D eigenvalue weighted by Gasteiger charge is 2.40. The summed E-state index contributed by atoms with van der Waals surface area (Å²) in [6.45, 7) is 4.92. The summed E-state index contributed by atoms with van der Waals surface area (Å²) in [6.07, 6.45) is 1.75. The van der Waals surface area contributed by atoms with Gasteiger partial charge >= 0.3 is 6.18 Å². The zero-order valence-electron chi connectivity index (χ0n) is 21.5. The van der Waals surface area contributed by atoms with E-state index in [0.29, 0.717) is 16.0 Å². The molecule has 1 amide bonds. The molecule has 0 aliphatic carbocycles. The first-order valence-corrected chi connectivity index (χ1v) is 13.6. The van der Waals surface area contributed by atoms with Crippen molar-refractivity contribution in [1.29, 1.82) is 5.26 Å². The summed E-state index contributed by atoms with van der Waals surface area (Å²) < 4.78 is 58.7. The summed E-state index contributed by atoms with van der Waals surface area (Å²) in [5.41, 5.74) is 0.0990. The Morgan fingerprint density at radius 2 is 2.15 bits per heavy atom. The Balaban J connectivity index is 1.64. The summed E-state index contributed by atoms with van der Waals surface area (Å²) in [7, 11) is 0. The third kappa shape index (κ3) is 5.11. The molecule has 39 heavy (non-hydrogen) atoms. The van der Waals surface area contributed by atoms with E-state index in [1.165, 1.54) is 29.7 Å². The van der Waals surface area contributed by atoms with Gasteiger partial charge in [0, 0.05) is 53.3 Å². The predicted molar refractivity (Wildman–Crippen MR) is 139 cm³/mol. The van der Waals surface area contributed by atoms with Crippen molar-refractivity contribution in [1.82, 2.24) is 20.0 Å². The van der Waals surface area contributed by atoms with Crippen LogP contribution in [0.25, 0.3) is 11.1 Å². The molecule has 4 heterocycles. The van der Waals surface area contributed by atoms with Gasteiger partial charge in [0.05, 0.1) is 6.54 Å². The lowest BCUT2D eigenvalue weighted by Gasteiger charge is -2.34. The molecule has 204 valence electrons. The Hall–Kier alpha value is -3.49. The van der Waals surface area contributed by atoms with Crippen molar-refractivity contribution in [3.63, 3.8) is 0 Å². The second-order valence-electron chi connectivity index (χ2n) is 9.79. The number of alkyl halides is 3. The summed E-state index contributed by atoms with van der Waals surface area (Å²) in [5.74, 6) is -1.68. The number of nitrogens with zero attached hydrogens (tertiary/aromatic N) is 4. The molecule has 1 N–H and O–H groups in total. The van der Waals surface area contributed by atoms with Crippen LogP contribution < -0.4 is 5.32 Å². The number of hydrogen-bond donors (Lipinski definition) is 1. The normalized spacial score (nSPS) is 19.5. The van der Waals surface area contributed by atoms with Crippen molar-refractivity contribution in [3.05, 3.63) is 74.5 Å². The fourth-order valence-electron chi connectivity index (χ4n) is 5.51. The summed E-state index contributed by atoms with van der Waals surface area (Å²) in [5, 5.41) is 16.7. The minimum absolute atomic E-state index is 0.116. The van der Waals surface area contributed by atoms with E-state index in [4.69, 9.17) is 0 Å². The highest BCUT2D eigenvalue weighted by Crippen LogP contribution is 2.46. The van der Waals surface area contributed by atoms with Crippen molar-refractivity contribution in [2.75, 3.05) is 13.1 Å². The third-order valence-corrected chi connectivity index (χ3v) is 8.58. The van der Waals surface area contributed by atoms with Gasteiger partial charge in [-0.2, -0.15) is 23.5 Å². The van der Waals surface area contributed by atoms with E-state index < -0.39 is 23.6 Å². The average Bonchev–Trinajstić information content (AvgIpc) is 3.65. The second kappa shape index (κ2) is 10.6. The number of carbonyl (C=O) groups is 1. The number of aryl methyl sites for hydroxylation is 1. The second-order valence-corrected chi connectivity index (χ2v) is 10.9. The Morgan fingerprint density at radius 3 is 2.82 bits per heavy atom. The molecule has 6 nitrogen and oxygen atoms in total. The number of fused-ring (bicyclic) bond motifs is 1. The van der Waals surface area contributed by atoms with Crippen LogP contribution in [0.5, 0.6) is 0 Å². The van der Waals surface area contributed by atoms with Gasteiger partial charge in [-0.25, -0.2) is 4.39 Å². The number of aromatic nitrogens is 2. The molecule has 11 heteroatoms. The molecule has 3 aromatic rings. The zero-order valence-corrected chi connectivity index (χ0v) is 22.3. The molecule has 2 aliphatic heterocycles. The number of hydrogen-bond acceptors (Lipinski definition) is 5. The zero-order chi connectivity index (χ0) is 27.9. The van der Waals surface area contributed by atoms with E-state index >= 15 is 4.39 Å². The summed E-state index contributed by atoms with van der Waals surface area (Å²) in [4.78, 5) is 16.1. The van der Waals surface area contributed by atoms with Gasteiger partial charge in [0.2, 0.25) is 5.91 Å². The van der Waals surface area contributed by atoms with E-state index in [2.05, 4.69) is 16.5 Å². The molecule has 0 radical (unpaired) electrons. The molecule has 2 aromatic heterocycles. The number of halogens is 4. The SMILES string of the molecule is CCn1cc(-c2c(F)cccc2[C@@H]2CN(C(=O)/C=C/[C@@H]3CCCN3)Cc3sc(C#N)c(C)c32)c(C(F)(F)F)n1. The number of nitrogens with one attached hydrogen (secondary N) is 1. The Morgan fingerprint density at radius 1 is 1.36 bits per heavy atom. The third-order valence-electron chi connectivity index (χ3n) is 7.38. The predicted octanol–water partition coefficient (Wildman–Crippen LogP) is 5.75. The molecule has 2 atom stereocenters. The fourth-order valence-corrected chi connectivity index (χ4v) is 6.69. The maximum atomic E-state index is 15.5.